The SMILES string of the molecule is CSN(C)[P+]1(N(C)SC)N[P+]2(NC=CS2)N[P+](N(C)SC)(N(C)SC)N1. The second-order valence-electron chi connectivity index (χ2n) is 5.24. The molecule has 0 aromatic carbocycles. The minimum Gasteiger partial charge on any atom is -0.221 e. The van der Waals surface area contributed by atoms with Crippen LogP contribution in [0, 0.1) is 0 Å². The summed E-state index contributed by atoms with van der Waals surface area (Å²) >= 11 is 8.88. The lowest BCUT2D eigenvalue weighted by molar-refractivity contribution is 0.695. The van der Waals surface area contributed by atoms with Crippen molar-refractivity contribution in [3.63, 3.8) is 0 Å². The normalized spacial score (nSPS) is 23.5. The summed E-state index contributed by atoms with van der Waals surface area (Å²) in [7, 11) is 4.60. The lowest BCUT2D eigenvalue weighted by Crippen LogP contribution is -2.56. The van der Waals surface area contributed by atoms with Crippen LogP contribution >= 0.6 is 81.8 Å². The molecule has 0 aromatic rings. The summed E-state index contributed by atoms with van der Waals surface area (Å²) in [6.07, 6.45) is 10.6. The number of rotatable bonds is 8. The first-order valence-electron chi connectivity index (χ1n) is 7.56. The van der Waals surface area contributed by atoms with Gasteiger partial charge in [-0.3, -0.25) is 0 Å². The van der Waals surface area contributed by atoms with Crippen LogP contribution in [0.3, 0.4) is 0 Å². The van der Waals surface area contributed by atoms with Crippen LogP contribution in [0.15, 0.2) is 11.6 Å². The zero-order valence-corrected chi connectivity index (χ0v) is 23.1. The molecule has 0 amide bonds. The Morgan fingerprint density at radius 1 is 0.692 bits per heavy atom. The Balaban J connectivity index is 2.61. The van der Waals surface area contributed by atoms with Crippen molar-refractivity contribution < 1.29 is 0 Å². The molecule has 0 radical (unpaired) electrons. The molecule has 1 spiro atoms. The van der Waals surface area contributed by atoms with Crippen LogP contribution < -0.4 is 19.7 Å². The highest BCUT2D eigenvalue weighted by molar-refractivity contribution is 8.64. The summed E-state index contributed by atoms with van der Waals surface area (Å²) in [6, 6.07) is 0. The molecule has 1 fully saturated rings. The molecule has 0 aliphatic carbocycles. The summed E-state index contributed by atoms with van der Waals surface area (Å²) in [6.45, 7) is -1.88. The van der Waals surface area contributed by atoms with Crippen molar-refractivity contribution in [3.8, 4) is 0 Å². The smallest absolute Gasteiger partial charge is 0.221 e. The van der Waals surface area contributed by atoms with E-state index in [1.807, 2.05) is 11.4 Å². The third-order valence-corrected chi connectivity index (χ3v) is 25.1. The lowest BCUT2D eigenvalue weighted by Gasteiger charge is -2.45. The van der Waals surface area contributed by atoms with Crippen molar-refractivity contribution >= 4 is 81.8 Å². The molecule has 1 saturated heterocycles. The van der Waals surface area contributed by atoms with E-state index in [9.17, 15) is 0 Å². The molecule has 0 aromatic heterocycles. The molecule has 0 atom stereocenters. The first-order chi connectivity index (χ1) is 12.3. The van der Waals surface area contributed by atoms with Gasteiger partial charge in [0.2, 0.25) is 0 Å². The van der Waals surface area contributed by atoms with Gasteiger partial charge in [0.25, 0.3) is 0 Å². The zero-order valence-electron chi connectivity index (χ0n) is 16.3. The number of nitrogens with one attached hydrogen (secondary N) is 4. The molecule has 2 heterocycles. The third kappa shape index (κ3) is 4.48. The number of nitrogens with zero attached hydrogens (tertiary/aromatic N) is 4. The molecule has 0 bridgehead atoms. The first kappa shape index (κ1) is 24.6. The molecule has 2 rings (SSSR count). The van der Waals surface area contributed by atoms with Crippen molar-refractivity contribution in [1.82, 2.24) is 36.0 Å². The molecular weight excluding hydrogens is 485 g/mol. The fourth-order valence-corrected chi connectivity index (χ4v) is 27.2. The highest BCUT2D eigenvalue weighted by Crippen LogP contribution is 2.87. The maximum atomic E-state index is 4.10. The summed E-state index contributed by atoms with van der Waals surface area (Å²) in [5, 5.41) is 5.79. The Morgan fingerprint density at radius 3 is 1.35 bits per heavy atom. The minimum atomic E-state index is -2.05. The number of hydrogen-bond donors (Lipinski definition) is 4. The second-order valence-corrected chi connectivity index (χ2v) is 21.4. The van der Waals surface area contributed by atoms with Gasteiger partial charge < -0.3 is 0 Å². The third-order valence-electron chi connectivity index (χ3n) is 4.07. The van der Waals surface area contributed by atoms with Crippen LogP contribution in [0.4, 0.5) is 0 Å². The quantitative estimate of drug-likeness (QED) is 0.272. The average Bonchev–Trinajstić information content (AvgIpc) is 3.11. The van der Waals surface area contributed by atoms with Crippen molar-refractivity contribution in [2.24, 2.45) is 0 Å². The largest absolute Gasteiger partial charge is 0.399 e. The van der Waals surface area contributed by atoms with Gasteiger partial charge in [-0.2, -0.15) is 0 Å². The number of hydrogen-bond acceptors (Lipinski definition) is 13. The van der Waals surface area contributed by atoms with Gasteiger partial charge in [0, 0.05) is 54.4 Å². The van der Waals surface area contributed by atoms with Gasteiger partial charge in [-0.15, -0.1) is 0 Å². The molecular formula is C10H30N8P3S5+3. The van der Waals surface area contributed by atoms with Gasteiger partial charge in [0.15, 0.2) is 0 Å². The maximum absolute atomic E-state index is 4.10. The maximum Gasteiger partial charge on any atom is 0.399 e. The van der Waals surface area contributed by atoms with Crippen molar-refractivity contribution in [1.29, 1.82) is 0 Å². The highest BCUT2D eigenvalue weighted by Gasteiger charge is 2.79. The van der Waals surface area contributed by atoms with E-state index in [2.05, 4.69) is 101 Å². The Bertz CT molecular complexity index is 457. The summed E-state index contributed by atoms with van der Waals surface area (Å²) in [5.41, 5.74) is 0. The van der Waals surface area contributed by atoms with Gasteiger partial charge in [0.05, 0.1) is 0 Å². The van der Waals surface area contributed by atoms with Gasteiger partial charge in [-0.25, -0.2) is 5.09 Å². The molecule has 16 heteroatoms. The van der Waals surface area contributed by atoms with Crippen molar-refractivity contribution in [2.45, 2.75) is 0 Å². The monoisotopic (exact) mass is 515 g/mol. The van der Waals surface area contributed by atoms with Crippen LogP contribution in [0.2, 0.25) is 0 Å². The molecule has 0 unspecified atom stereocenters. The highest BCUT2D eigenvalue weighted by atomic mass is 32.7. The standard InChI is InChI=1S/C10H30N8P3S5/c1-15(22-5)20(16(2)23-6)12-19(11-9-10-26-19)13-21(14-20,17(3)24-7)18(4)25-8/h9-14H,1-8H3/q+3. The average molecular weight is 516 g/mol. The molecule has 8 nitrogen and oxygen atoms in total. The molecule has 0 saturated carbocycles. The molecule has 152 valence electrons. The fourth-order valence-electron chi connectivity index (χ4n) is 2.38. The summed E-state index contributed by atoms with van der Waals surface area (Å²) < 4.78 is 9.46. The predicted molar refractivity (Wildman–Crippen MR) is 135 cm³/mol. The first-order valence-corrected chi connectivity index (χ1v) is 18.9. The van der Waals surface area contributed by atoms with Gasteiger partial charge in [0.1, 0.15) is 11.4 Å². The van der Waals surface area contributed by atoms with Gasteiger partial charge in [-0.1, -0.05) is 16.3 Å². The minimum absolute atomic E-state index is 1.76. The van der Waals surface area contributed by atoms with E-state index >= 15 is 0 Å². The predicted octanol–water partition coefficient (Wildman–Crippen LogP) is 4.45. The molecule has 26 heavy (non-hydrogen) atoms. The topological polar surface area (TPSA) is 61.1 Å². The molecule has 2 aliphatic heterocycles. The zero-order chi connectivity index (χ0) is 19.6. The van der Waals surface area contributed by atoms with E-state index in [4.69, 9.17) is 0 Å². The van der Waals surface area contributed by atoms with E-state index in [1.54, 1.807) is 47.8 Å². The van der Waals surface area contributed by atoms with Crippen molar-refractivity contribution in [3.05, 3.63) is 11.6 Å². The van der Waals surface area contributed by atoms with Crippen LogP contribution in [-0.2, 0) is 0 Å². The van der Waals surface area contributed by atoms with Crippen molar-refractivity contribution in [2.75, 3.05) is 53.2 Å². The Labute approximate surface area is 181 Å². The Morgan fingerprint density at radius 2 is 1.08 bits per heavy atom. The van der Waals surface area contributed by atoms with Crippen LogP contribution in [0.5, 0.6) is 0 Å². The summed E-state index contributed by atoms with van der Waals surface area (Å²) in [4.78, 5) is 12.1. The fraction of sp³-hybridized carbons (Fsp3) is 0.800. The Kier molecular flexibility index (Phi) is 9.52. The lowest BCUT2D eigenvalue weighted by atomic mass is 11.1. The van der Waals surface area contributed by atoms with E-state index in [0.29, 0.717) is 0 Å². The van der Waals surface area contributed by atoms with Crippen LogP contribution in [-0.4, -0.2) is 69.5 Å². The Hall–Kier alpha value is 2.30. The van der Waals surface area contributed by atoms with E-state index in [1.165, 1.54) is 0 Å². The van der Waals surface area contributed by atoms with Gasteiger partial charge >= 0.3 is 22.6 Å². The van der Waals surface area contributed by atoms with Crippen LogP contribution in [0.1, 0.15) is 0 Å². The molecule has 2 aliphatic rings. The molecule has 4 N–H and O–H groups in total. The van der Waals surface area contributed by atoms with E-state index < -0.39 is 22.6 Å². The van der Waals surface area contributed by atoms with Gasteiger partial charge in [-0.05, 0) is 72.8 Å². The second kappa shape index (κ2) is 10.1. The summed E-state index contributed by atoms with van der Waals surface area (Å²) in [5.74, 6) is 0. The van der Waals surface area contributed by atoms with E-state index in [0.717, 1.165) is 0 Å². The van der Waals surface area contributed by atoms with Crippen LogP contribution in [0.25, 0.3) is 0 Å². The van der Waals surface area contributed by atoms with E-state index in [-0.39, 0.29) is 0 Å².